The van der Waals surface area contributed by atoms with Gasteiger partial charge in [-0.2, -0.15) is 0 Å². The van der Waals surface area contributed by atoms with Crippen molar-refractivity contribution in [1.82, 2.24) is 29.9 Å². The lowest BCUT2D eigenvalue weighted by Crippen LogP contribution is -2.14. The first-order chi connectivity index (χ1) is 17.1. The molecule has 0 aliphatic heterocycles. The first-order valence-electron chi connectivity index (χ1n) is 10.2. The molecule has 0 radical (unpaired) electrons. The third-order valence-corrected chi connectivity index (χ3v) is 5.56. The van der Waals surface area contributed by atoms with Crippen molar-refractivity contribution >= 4 is 47.8 Å². The molecule has 3 aromatic heterocycles. The van der Waals surface area contributed by atoms with E-state index in [-0.39, 0.29) is 38.4 Å². The molecule has 0 spiro atoms. The van der Waals surface area contributed by atoms with E-state index in [1.165, 1.54) is 6.33 Å². The zero-order chi connectivity index (χ0) is 24.5. The summed E-state index contributed by atoms with van der Waals surface area (Å²) in [7, 11) is 0. The van der Waals surface area contributed by atoms with Crippen LogP contribution in [0.4, 0.5) is 0 Å². The van der Waals surface area contributed by atoms with Crippen molar-refractivity contribution in [3.63, 3.8) is 0 Å². The summed E-state index contributed by atoms with van der Waals surface area (Å²) < 4.78 is 25.3. The highest BCUT2D eigenvalue weighted by Crippen LogP contribution is 2.36. The van der Waals surface area contributed by atoms with E-state index in [4.69, 9.17) is 18.9 Å². The van der Waals surface area contributed by atoms with Gasteiger partial charge in [-0.1, -0.05) is 28.1 Å². The second-order valence-electron chi connectivity index (χ2n) is 6.63. The molecule has 0 fully saturated rings. The Hall–Kier alpha value is -2.90. The monoisotopic (exact) mass is 666 g/mol. The Kier molecular flexibility index (Phi) is 9.15. The Bertz CT molecular complexity index is 1160. The fourth-order valence-corrected chi connectivity index (χ4v) is 3.40. The molecule has 1 aromatic carbocycles. The molecule has 0 N–H and O–H groups in total. The van der Waals surface area contributed by atoms with E-state index in [1.807, 2.05) is 24.3 Å². The van der Waals surface area contributed by atoms with Crippen molar-refractivity contribution < 1.29 is 18.9 Å². The van der Waals surface area contributed by atoms with Crippen LogP contribution in [0.25, 0.3) is 11.1 Å². The van der Waals surface area contributed by atoms with Crippen LogP contribution in [0.5, 0.6) is 23.8 Å². The summed E-state index contributed by atoms with van der Waals surface area (Å²) in [5.41, 5.74) is 1.44. The molecule has 4 rings (SSSR count). The van der Waals surface area contributed by atoms with Gasteiger partial charge in [0.2, 0.25) is 11.8 Å². The standard InChI is InChI=1S/C22H17Br3N6O4/c23-15-3-1-14(2-4-15)18-19(32-5-7-34-21-26-9-16(24)10-27-21)30-13-31-20(18)33-6-8-35-22-28-11-17(25)12-29-22/h1-4,9-13H,5-8H2. The molecule has 0 aliphatic carbocycles. The summed E-state index contributed by atoms with van der Waals surface area (Å²) in [6.45, 7) is 0.873. The summed E-state index contributed by atoms with van der Waals surface area (Å²) in [6.07, 6.45) is 7.81. The summed E-state index contributed by atoms with van der Waals surface area (Å²) in [5, 5.41) is 0. The van der Waals surface area contributed by atoms with Crippen molar-refractivity contribution in [3.8, 4) is 34.9 Å². The molecule has 0 bridgehead atoms. The fraction of sp³-hybridized carbons (Fsp3) is 0.182. The van der Waals surface area contributed by atoms with Gasteiger partial charge >= 0.3 is 12.0 Å². The van der Waals surface area contributed by atoms with Gasteiger partial charge in [-0.05, 0) is 49.6 Å². The number of nitrogens with zero attached hydrogens (tertiary/aromatic N) is 6. The zero-order valence-corrected chi connectivity index (χ0v) is 22.7. The first-order valence-corrected chi connectivity index (χ1v) is 12.5. The number of rotatable bonds is 11. The van der Waals surface area contributed by atoms with Crippen LogP contribution in [0.15, 0.2) is 68.8 Å². The van der Waals surface area contributed by atoms with Gasteiger partial charge in [-0.3, -0.25) is 0 Å². The number of halogens is 3. The Morgan fingerprint density at radius 3 is 1.40 bits per heavy atom. The van der Waals surface area contributed by atoms with Crippen LogP contribution in [0.2, 0.25) is 0 Å². The van der Waals surface area contributed by atoms with Crippen molar-refractivity contribution in [2.24, 2.45) is 0 Å². The second-order valence-corrected chi connectivity index (χ2v) is 9.37. The van der Waals surface area contributed by atoms with Crippen molar-refractivity contribution in [1.29, 1.82) is 0 Å². The Morgan fingerprint density at radius 2 is 0.943 bits per heavy atom. The van der Waals surface area contributed by atoms with Gasteiger partial charge in [0.15, 0.2) is 0 Å². The van der Waals surface area contributed by atoms with Crippen LogP contribution in [0.3, 0.4) is 0 Å². The van der Waals surface area contributed by atoms with Crippen molar-refractivity contribution in [3.05, 3.63) is 68.8 Å². The molecule has 4 aromatic rings. The summed E-state index contributed by atoms with van der Waals surface area (Å²) >= 11 is 10.0. The molecule has 0 saturated carbocycles. The summed E-state index contributed by atoms with van der Waals surface area (Å²) in [6, 6.07) is 8.18. The lowest BCUT2D eigenvalue weighted by molar-refractivity contribution is 0.194. The molecule has 0 atom stereocenters. The highest BCUT2D eigenvalue weighted by atomic mass is 79.9. The highest BCUT2D eigenvalue weighted by molar-refractivity contribution is 9.11. The van der Waals surface area contributed by atoms with Crippen LogP contribution in [0, 0.1) is 0 Å². The molecular formula is C22H17Br3N6O4. The smallest absolute Gasteiger partial charge is 0.316 e. The number of hydrogen-bond donors (Lipinski definition) is 0. The van der Waals surface area contributed by atoms with E-state index < -0.39 is 0 Å². The Morgan fingerprint density at radius 1 is 0.514 bits per heavy atom. The third kappa shape index (κ3) is 7.54. The van der Waals surface area contributed by atoms with Crippen LogP contribution in [-0.4, -0.2) is 56.3 Å². The van der Waals surface area contributed by atoms with Gasteiger partial charge in [0.05, 0.1) is 8.95 Å². The molecule has 3 heterocycles. The minimum absolute atomic E-state index is 0.212. The van der Waals surface area contributed by atoms with Gasteiger partial charge in [0.1, 0.15) is 38.3 Å². The lowest BCUT2D eigenvalue weighted by Gasteiger charge is -2.15. The van der Waals surface area contributed by atoms with Gasteiger partial charge in [0, 0.05) is 29.3 Å². The van der Waals surface area contributed by atoms with Crippen molar-refractivity contribution in [2.45, 2.75) is 0 Å². The van der Waals surface area contributed by atoms with Crippen LogP contribution >= 0.6 is 47.8 Å². The fourth-order valence-electron chi connectivity index (χ4n) is 2.73. The minimum Gasteiger partial charge on any atom is -0.473 e. The topological polar surface area (TPSA) is 114 Å². The van der Waals surface area contributed by atoms with Crippen LogP contribution in [0.1, 0.15) is 0 Å². The quantitative estimate of drug-likeness (QED) is 0.204. The molecule has 0 amide bonds. The molecule has 180 valence electrons. The Balaban J connectivity index is 1.42. The van der Waals surface area contributed by atoms with E-state index in [1.54, 1.807) is 24.8 Å². The normalized spacial score (nSPS) is 10.6. The third-order valence-electron chi connectivity index (χ3n) is 4.21. The number of ether oxygens (including phenoxy) is 4. The SMILES string of the molecule is Brc1ccc(-c2c(OCCOc3ncc(Br)cn3)ncnc2OCCOc2ncc(Br)cn2)cc1. The molecule has 10 nitrogen and oxygen atoms in total. The summed E-state index contributed by atoms with van der Waals surface area (Å²) in [4.78, 5) is 24.9. The minimum atomic E-state index is 0.212. The zero-order valence-electron chi connectivity index (χ0n) is 18.0. The van der Waals surface area contributed by atoms with E-state index in [0.29, 0.717) is 17.3 Å². The maximum absolute atomic E-state index is 5.91. The van der Waals surface area contributed by atoms with Crippen LogP contribution in [-0.2, 0) is 0 Å². The van der Waals surface area contributed by atoms with E-state index in [0.717, 1.165) is 19.0 Å². The number of aromatic nitrogens is 6. The number of hydrogen-bond acceptors (Lipinski definition) is 10. The second kappa shape index (κ2) is 12.7. The first kappa shape index (κ1) is 25.2. The van der Waals surface area contributed by atoms with Crippen molar-refractivity contribution in [2.75, 3.05) is 26.4 Å². The maximum Gasteiger partial charge on any atom is 0.316 e. The lowest BCUT2D eigenvalue weighted by atomic mass is 10.1. The predicted octanol–water partition coefficient (Wildman–Crippen LogP) is 4.93. The van der Waals surface area contributed by atoms with E-state index in [9.17, 15) is 0 Å². The molecule has 0 unspecified atom stereocenters. The molecule has 35 heavy (non-hydrogen) atoms. The molecular weight excluding hydrogens is 652 g/mol. The average molecular weight is 669 g/mol. The van der Waals surface area contributed by atoms with Gasteiger partial charge < -0.3 is 18.9 Å². The molecule has 0 saturated heterocycles. The predicted molar refractivity (Wildman–Crippen MR) is 137 cm³/mol. The largest absolute Gasteiger partial charge is 0.473 e. The van der Waals surface area contributed by atoms with Gasteiger partial charge in [-0.15, -0.1) is 0 Å². The molecule has 0 aliphatic rings. The average Bonchev–Trinajstić information content (AvgIpc) is 2.87. The highest BCUT2D eigenvalue weighted by Gasteiger charge is 2.17. The van der Waals surface area contributed by atoms with E-state index >= 15 is 0 Å². The number of benzene rings is 1. The van der Waals surface area contributed by atoms with Crippen LogP contribution < -0.4 is 18.9 Å². The molecule has 13 heteroatoms. The van der Waals surface area contributed by atoms with Gasteiger partial charge in [0.25, 0.3) is 0 Å². The maximum atomic E-state index is 5.91. The van der Waals surface area contributed by atoms with Gasteiger partial charge in [-0.25, -0.2) is 29.9 Å². The Labute approximate surface area is 225 Å². The summed E-state index contributed by atoms with van der Waals surface area (Å²) in [5.74, 6) is 0.713. The van der Waals surface area contributed by atoms with E-state index in [2.05, 4.69) is 77.7 Å².